The SMILES string of the molecule is B#CCCC. The third-order valence-corrected chi connectivity index (χ3v) is 0.394. The summed E-state index contributed by atoms with van der Waals surface area (Å²) in [5.41, 5.74) is 0. The van der Waals surface area contributed by atoms with Crippen LogP contribution in [0.25, 0.3) is 0 Å². The third-order valence-electron chi connectivity index (χ3n) is 0.394. The number of unbranched alkanes of at least 4 members (excludes halogenated alkanes) is 1. The van der Waals surface area contributed by atoms with Crippen LogP contribution in [0, 0.1) is 5.80 Å². The summed E-state index contributed by atoms with van der Waals surface area (Å²) in [6.45, 7) is 2.07. The molecule has 0 saturated carbocycles. The van der Waals surface area contributed by atoms with Crippen LogP contribution in [-0.4, -0.2) is 7.33 Å². The molecule has 0 radical (unpaired) electrons. The molecule has 0 bridgehead atoms. The van der Waals surface area contributed by atoms with Gasteiger partial charge in [0.1, 0.15) is 0 Å². The van der Waals surface area contributed by atoms with E-state index < -0.39 is 0 Å². The van der Waals surface area contributed by atoms with E-state index in [4.69, 9.17) is 7.33 Å². The van der Waals surface area contributed by atoms with Crippen molar-refractivity contribution in [3.8, 4) is 5.80 Å². The van der Waals surface area contributed by atoms with Crippen LogP contribution in [0.15, 0.2) is 0 Å². The minimum atomic E-state index is 0.917. The summed E-state index contributed by atoms with van der Waals surface area (Å²) in [6, 6.07) is 0. The minimum absolute atomic E-state index is 0.917. The van der Waals surface area contributed by atoms with Crippen molar-refractivity contribution in [1.29, 1.82) is 0 Å². The summed E-state index contributed by atoms with van der Waals surface area (Å²) >= 11 is 0. The van der Waals surface area contributed by atoms with Crippen LogP contribution in [0.2, 0.25) is 0 Å². The first kappa shape index (κ1) is 4.84. The van der Waals surface area contributed by atoms with E-state index in [0.29, 0.717) is 0 Å². The van der Waals surface area contributed by atoms with Gasteiger partial charge >= 0.3 is 32.9 Å². The zero-order chi connectivity index (χ0) is 4.12. The van der Waals surface area contributed by atoms with E-state index in [1.54, 1.807) is 0 Å². The predicted octanol–water partition coefficient (Wildman–Crippen LogP) is 0.914. The molecule has 0 N–H and O–H groups in total. The molecule has 5 heavy (non-hydrogen) atoms. The van der Waals surface area contributed by atoms with E-state index in [1.807, 2.05) is 0 Å². The summed E-state index contributed by atoms with van der Waals surface area (Å²) in [4.78, 5) is 0. The van der Waals surface area contributed by atoms with Gasteiger partial charge in [0.25, 0.3) is 0 Å². The Bertz CT molecular complexity index is 42.1. The fourth-order valence-corrected chi connectivity index (χ4v) is 0.144. The first-order valence-electron chi connectivity index (χ1n) is 1.85. The second-order valence-corrected chi connectivity index (χ2v) is 0.954. The van der Waals surface area contributed by atoms with Gasteiger partial charge in [0, 0.05) is 0 Å². The van der Waals surface area contributed by atoms with E-state index >= 15 is 0 Å². The van der Waals surface area contributed by atoms with E-state index in [1.165, 1.54) is 0 Å². The first-order valence-corrected chi connectivity index (χ1v) is 1.85. The Labute approximate surface area is 34.0 Å². The van der Waals surface area contributed by atoms with Crippen LogP contribution in [0.5, 0.6) is 0 Å². The Morgan fingerprint density at radius 2 is 2.40 bits per heavy atom. The van der Waals surface area contributed by atoms with Crippen molar-refractivity contribution in [2.24, 2.45) is 0 Å². The van der Waals surface area contributed by atoms with E-state index in [-0.39, 0.29) is 0 Å². The molecule has 0 aromatic heterocycles. The molecule has 0 saturated heterocycles. The molecule has 0 aliphatic rings. The van der Waals surface area contributed by atoms with Crippen molar-refractivity contribution < 1.29 is 0 Å². The quantitative estimate of drug-likeness (QED) is 0.399. The molecule has 0 spiro atoms. The first-order chi connectivity index (χ1) is 2.41. The summed E-state index contributed by atoms with van der Waals surface area (Å²) in [6.07, 6.45) is 2.02. The van der Waals surface area contributed by atoms with Crippen molar-refractivity contribution in [3.63, 3.8) is 0 Å². The van der Waals surface area contributed by atoms with Gasteiger partial charge in [0.2, 0.25) is 0 Å². The Kier molecular flexibility index (Phi) is 3.73. The molecule has 26 valence electrons. The van der Waals surface area contributed by atoms with Crippen molar-refractivity contribution in [1.82, 2.24) is 0 Å². The average Bonchev–Trinajstić information content (AvgIpc) is 1.41. The Balaban J connectivity index is 2.48. The van der Waals surface area contributed by atoms with E-state index in [0.717, 1.165) is 12.8 Å². The predicted molar refractivity (Wildman–Crippen MR) is 24.5 cm³/mol. The number of rotatable bonds is 1. The zero-order valence-electron chi connectivity index (χ0n) is 3.49. The second kappa shape index (κ2) is 3.84. The molecule has 0 atom stereocenters. The summed E-state index contributed by atoms with van der Waals surface area (Å²) < 4.78 is 0. The molecule has 0 aromatic carbocycles. The Morgan fingerprint density at radius 3 is 2.40 bits per heavy atom. The molecule has 0 rings (SSSR count). The maximum atomic E-state index is 4.89. The van der Waals surface area contributed by atoms with Gasteiger partial charge in [0.05, 0.1) is 0 Å². The fraction of sp³-hybridized carbons (Fsp3) is 0.750. The van der Waals surface area contributed by atoms with Crippen LogP contribution in [-0.2, 0) is 0 Å². The molecule has 0 heterocycles. The molecule has 0 nitrogen and oxygen atoms in total. The Morgan fingerprint density at radius 1 is 1.80 bits per heavy atom. The molecule has 0 aliphatic carbocycles. The fourth-order valence-electron chi connectivity index (χ4n) is 0.144. The molecule has 1 heteroatoms. The summed E-state index contributed by atoms with van der Waals surface area (Å²) in [5, 5.41) is 0. The van der Waals surface area contributed by atoms with E-state index in [9.17, 15) is 0 Å². The van der Waals surface area contributed by atoms with Gasteiger partial charge < -0.3 is 0 Å². The van der Waals surface area contributed by atoms with Gasteiger partial charge in [-0.15, -0.1) is 0 Å². The van der Waals surface area contributed by atoms with Gasteiger partial charge in [-0.25, -0.2) is 0 Å². The summed E-state index contributed by atoms with van der Waals surface area (Å²) in [5.74, 6) is 2.52. The van der Waals surface area contributed by atoms with Gasteiger partial charge in [0.15, 0.2) is 0 Å². The van der Waals surface area contributed by atoms with Crippen LogP contribution >= 0.6 is 0 Å². The molecule has 0 aliphatic heterocycles. The number of hydrogen-bond acceptors (Lipinski definition) is 0. The Hall–Kier alpha value is -0.155. The third kappa shape index (κ3) is 3.84. The van der Waals surface area contributed by atoms with Gasteiger partial charge in [-0.2, -0.15) is 0 Å². The zero-order valence-corrected chi connectivity index (χ0v) is 3.49. The van der Waals surface area contributed by atoms with Gasteiger partial charge in [-0.1, -0.05) is 0 Å². The summed E-state index contributed by atoms with van der Waals surface area (Å²) in [7, 11) is 4.89. The molecule has 0 unspecified atom stereocenters. The van der Waals surface area contributed by atoms with Crippen molar-refractivity contribution in [2.75, 3.05) is 0 Å². The van der Waals surface area contributed by atoms with Crippen LogP contribution in [0.4, 0.5) is 0 Å². The molecular weight excluding hydrogens is 58.9 g/mol. The van der Waals surface area contributed by atoms with Gasteiger partial charge in [-0.3, -0.25) is 0 Å². The molecule has 0 amide bonds. The topological polar surface area (TPSA) is 0 Å². The van der Waals surface area contributed by atoms with E-state index in [2.05, 4.69) is 12.7 Å². The average molecular weight is 65.9 g/mol. The van der Waals surface area contributed by atoms with Crippen LogP contribution in [0.1, 0.15) is 19.8 Å². The standard InChI is InChI=1S/C4H7B/c1-2-3-4-5/h2-3H2,1H3. The molecule has 0 fully saturated rings. The van der Waals surface area contributed by atoms with Crippen LogP contribution < -0.4 is 0 Å². The number of hydrogen-bond donors (Lipinski definition) is 0. The van der Waals surface area contributed by atoms with Gasteiger partial charge in [-0.05, 0) is 0 Å². The maximum absolute atomic E-state index is 4.89. The van der Waals surface area contributed by atoms with Crippen molar-refractivity contribution in [3.05, 3.63) is 0 Å². The normalized spacial score (nSPS) is 7.00. The second-order valence-electron chi connectivity index (χ2n) is 0.954. The van der Waals surface area contributed by atoms with Crippen LogP contribution in [0.3, 0.4) is 0 Å². The van der Waals surface area contributed by atoms with Crippen molar-refractivity contribution in [2.45, 2.75) is 19.8 Å². The molecule has 0 aromatic rings. The van der Waals surface area contributed by atoms with Crippen molar-refractivity contribution >= 4 is 7.33 Å². The monoisotopic (exact) mass is 66.1 g/mol. The molecular formula is C4H7B.